The van der Waals surface area contributed by atoms with Crippen LogP contribution in [0.25, 0.3) is 0 Å². The van der Waals surface area contributed by atoms with Crippen LogP contribution in [0, 0.1) is 6.92 Å². The van der Waals surface area contributed by atoms with Crippen LogP contribution in [0.2, 0.25) is 0 Å². The molecule has 1 aromatic rings. The zero-order valence-corrected chi connectivity index (χ0v) is 11.5. The van der Waals surface area contributed by atoms with Crippen LogP contribution in [0.5, 0.6) is 0 Å². The molecule has 1 aromatic heterocycles. The number of aryl methyl sites for hydroxylation is 1. The van der Waals surface area contributed by atoms with Gasteiger partial charge in [0.25, 0.3) is 5.91 Å². The van der Waals surface area contributed by atoms with Crippen molar-refractivity contribution >= 4 is 17.5 Å². The molecule has 4 heteroatoms. The van der Waals surface area contributed by atoms with Gasteiger partial charge in [0.05, 0.1) is 5.88 Å². The van der Waals surface area contributed by atoms with Crippen molar-refractivity contribution in [2.24, 2.45) is 0 Å². The summed E-state index contributed by atoms with van der Waals surface area (Å²) in [6.45, 7) is 7.49. The van der Waals surface area contributed by atoms with E-state index in [4.69, 9.17) is 16.0 Å². The topological polar surface area (TPSA) is 33.5 Å². The fraction of sp³-hybridized carbons (Fsp3) is 0.615. The highest BCUT2D eigenvalue weighted by molar-refractivity contribution is 6.17. The predicted octanol–water partition coefficient (Wildman–Crippen LogP) is 3.59. The molecule has 1 amide bonds. The van der Waals surface area contributed by atoms with E-state index < -0.39 is 0 Å². The lowest BCUT2D eigenvalue weighted by Gasteiger charge is -2.19. The largest absolute Gasteiger partial charge is 0.456 e. The van der Waals surface area contributed by atoms with E-state index in [0.29, 0.717) is 11.6 Å². The van der Waals surface area contributed by atoms with Gasteiger partial charge in [0.2, 0.25) is 0 Å². The smallest absolute Gasteiger partial charge is 0.289 e. The lowest BCUT2D eigenvalue weighted by atomic mass is 10.2. The first-order chi connectivity index (χ1) is 8.13. The lowest BCUT2D eigenvalue weighted by Crippen LogP contribution is -2.32. The number of hydrogen-bond acceptors (Lipinski definition) is 2. The molecule has 0 spiro atoms. The molecule has 0 fully saturated rings. The van der Waals surface area contributed by atoms with Crippen LogP contribution < -0.4 is 0 Å². The standard InChI is InChI=1S/C13H20ClNO2/c1-4-6-15(7-5-2)13(16)12-8-11(9-14)10(3)17-12/h8H,4-7,9H2,1-3H3. The second kappa shape index (κ2) is 6.70. The molecule has 96 valence electrons. The molecule has 0 aliphatic heterocycles. The lowest BCUT2D eigenvalue weighted by molar-refractivity contribution is 0.0722. The van der Waals surface area contributed by atoms with E-state index in [1.54, 1.807) is 6.07 Å². The SMILES string of the molecule is CCCN(CCC)C(=O)c1cc(CCl)c(C)o1. The molecular weight excluding hydrogens is 238 g/mol. The first-order valence-corrected chi connectivity index (χ1v) is 6.62. The van der Waals surface area contributed by atoms with Crippen molar-refractivity contribution in [1.82, 2.24) is 4.90 Å². The van der Waals surface area contributed by atoms with E-state index >= 15 is 0 Å². The summed E-state index contributed by atoms with van der Waals surface area (Å²) in [5.74, 6) is 1.48. The maximum absolute atomic E-state index is 12.2. The van der Waals surface area contributed by atoms with Crippen LogP contribution >= 0.6 is 11.6 Å². The second-order valence-corrected chi connectivity index (χ2v) is 4.39. The zero-order chi connectivity index (χ0) is 12.8. The van der Waals surface area contributed by atoms with Gasteiger partial charge in [0, 0.05) is 18.7 Å². The Morgan fingerprint density at radius 3 is 2.35 bits per heavy atom. The maximum Gasteiger partial charge on any atom is 0.289 e. The van der Waals surface area contributed by atoms with Crippen molar-refractivity contribution in [2.75, 3.05) is 13.1 Å². The van der Waals surface area contributed by atoms with Crippen molar-refractivity contribution < 1.29 is 9.21 Å². The minimum absolute atomic E-state index is 0.0341. The summed E-state index contributed by atoms with van der Waals surface area (Å²) in [5.41, 5.74) is 0.892. The van der Waals surface area contributed by atoms with E-state index in [9.17, 15) is 4.79 Å². The summed E-state index contributed by atoms with van der Waals surface area (Å²) in [6, 6.07) is 1.75. The van der Waals surface area contributed by atoms with Crippen LogP contribution in [-0.2, 0) is 5.88 Å². The molecule has 0 aromatic carbocycles. The number of rotatable bonds is 6. The monoisotopic (exact) mass is 257 g/mol. The molecule has 0 bridgehead atoms. The molecule has 1 rings (SSSR count). The van der Waals surface area contributed by atoms with Gasteiger partial charge in [-0.15, -0.1) is 11.6 Å². The molecule has 0 N–H and O–H groups in total. The third-order valence-corrected chi connectivity index (χ3v) is 2.94. The Hall–Kier alpha value is -0.960. The Kier molecular flexibility index (Phi) is 5.56. The van der Waals surface area contributed by atoms with Crippen LogP contribution in [-0.4, -0.2) is 23.9 Å². The molecule has 0 radical (unpaired) electrons. The molecule has 0 aliphatic carbocycles. The van der Waals surface area contributed by atoms with Gasteiger partial charge >= 0.3 is 0 Å². The van der Waals surface area contributed by atoms with Crippen LogP contribution in [0.15, 0.2) is 10.5 Å². The Balaban J connectivity index is 2.84. The first kappa shape index (κ1) is 14.1. The van der Waals surface area contributed by atoms with Crippen molar-refractivity contribution in [2.45, 2.75) is 39.5 Å². The number of carbonyl (C=O) groups is 1. The van der Waals surface area contributed by atoms with Gasteiger partial charge in [-0.2, -0.15) is 0 Å². The number of nitrogens with zero attached hydrogens (tertiary/aromatic N) is 1. The average molecular weight is 258 g/mol. The third kappa shape index (κ3) is 3.50. The molecule has 1 heterocycles. The number of furan rings is 1. The molecule has 0 unspecified atom stereocenters. The minimum atomic E-state index is -0.0341. The van der Waals surface area contributed by atoms with Gasteiger partial charge in [-0.3, -0.25) is 4.79 Å². The molecule has 0 atom stereocenters. The van der Waals surface area contributed by atoms with Crippen LogP contribution in [0.1, 0.15) is 48.6 Å². The zero-order valence-electron chi connectivity index (χ0n) is 10.8. The number of amides is 1. The Morgan fingerprint density at radius 2 is 1.94 bits per heavy atom. The predicted molar refractivity (Wildman–Crippen MR) is 69.5 cm³/mol. The minimum Gasteiger partial charge on any atom is -0.456 e. The van der Waals surface area contributed by atoms with Gasteiger partial charge in [0.1, 0.15) is 5.76 Å². The van der Waals surface area contributed by atoms with Crippen molar-refractivity contribution in [1.29, 1.82) is 0 Å². The summed E-state index contributed by atoms with van der Waals surface area (Å²) >= 11 is 5.77. The summed E-state index contributed by atoms with van der Waals surface area (Å²) < 4.78 is 5.47. The number of halogens is 1. The third-order valence-electron chi connectivity index (χ3n) is 2.65. The summed E-state index contributed by atoms with van der Waals surface area (Å²) in [5, 5.41) is 0. The molecule has 0 saturated carbocycles. The van der Waals surface area contributed by atoms with Crippen molar-refractivity contribution in [3.8, 4) is 0 Å². The molecule has 0 aliphatic rings. The number of hydrogen-bond donors (Lipinski definition) is 0. The molecular formula is C13H20ClNO2. The van der Waals surface area contributed by atoms with Gasteiger partial charge in [0.15, 0.2) is 5.76 Å². The molecule has 3 nitrogen and oxygen atoms in total. The highest BCUT2D eigenvalue weighted by atomic mass is 35.5. The van der Waals surface area contributed by atoms with Crippen LogP contribution in [0.4, 0.5) is 0 Å². The number of alkyl halides is 1. The molecule has 0 saturated heterocycles. The summed E-state index contributed by atoms with van der Waals surface area (Å²) in [4.78, 5) is 14.0. The fourth-order valence-corrected chi connectivity index (χ4v) is 2.03. The second-order valence-electron chi connectivity index (χ2n) is 4.12. The van der Waals surface area contributed by atoms with E-state index in [0.717, 1.165) is 37.3 Å². The van der Waals surface area contributed by atoms with Crippen LogP contribution in [0.3, 0.4) is 0 Å². The van der Waals surface area contributed by atoms with Gasteiger partial charge in [-0.1, -0.05) is 13.8 Å². The normalized spacial score (nSPS) is 10.6. The highest BCUT2D eigenvalue weighted by Crippen LogP contribution is 2.18. The first-order valence-electron chi connectivity index (χ1n) is 6.08. The summed E-state index contributed by atoms with van der Waals surface area (Å²) in [7, 11) is 0. The van der Waals surface area contributed by atoms with Gasteiger partial charge in [-0.05, 0) is 25.8 Å². The molecule has 17 heavy (non-hydrogen) atoms. The Labute approximate surface area is 108 Å². The van der Waals surface area contributed by atoms with Crippen molar-refractivity contribution in [3.63, 3.8) is 0 Å². The maximum atomic E-state index is 12.2. The quantitative estimate of drug-likeness (QED) is 0.730. The summed E-state index contributed by atoms with van der Waals surface area (Å²) in [6.07, 6.45) is 1.90. The Morgan fingerprint density at radius 1 is 1.35 bits per heavy atom. The van der Waals surface area contributed by atoms with Crippen molar-refractivity contribution in [3.05, 3.63) is 23.2 Å². The number of carbonyl (C=O) groups excluding carboxylic acids is 1. The van der Waals surface area contributed by atoms with E-state index in [-0.39, 0.29) is 5.91 Å². The van der Waals surface area contributed by atoms with E-state index in [1.165, 1.54) is 0 Å². The Bertz CT molecular complexity index is 367. The van der Waals surface area contributed by atoms with E-state index in [1.807, 2.05) is 11.8 Å². The van der Waals surface area contributed by atoms with E-state index in [2.05, 4.69) is 13.8 Å². The average Bonchev–Trinajstić information content (AvgIpc) is 2.69. The fourth-order valence-electron chi connectivity index (χ4n) is 1.77. The van der Waals surface area contributed by atoms with Gasteiger partial charge < -0.3 is 9.32 Å². The highest BCUT2D eigenvalue weighted by Gasteiger charge is 2.19. The van der Waals surface area contributed by atoms with Gasteiger partial charge in [-0.25, -0.2) is 0 Å².